The molecule has 0 radical (unpaired) electrons. The molecule has 1 amide bonds. The van der Waals surface area contributed by atoms with Gasteiger partial charge in [-0.2, -0.15) is 0 Å². The summed E-state index contributed by atoms with van der Waals surface area (Å²) < 4.78 is 0. The maximum absolute atomic E-state index is 12.3. The van der Waals surface area contributed by atoms with E-state index in [1.807, 2.05) is 27.7 Å². The Kier molecular flexibility index (Phi) is 4.91. The molecule has 4 N–H and O–H groups in total. The number of aromatic amines is 1. The molecule has 0 fully saturated rings. The summed E-state index contributed by atoms with van der Waals surface area (Å²) in [6.07, 6.45) is 0.617. The first kappa shape index (κ1) is 17.6. The topological polar surface area (TPSA) is 101 Å². The van der Waals surface area contributed by atoms with Gasteiger partial charge in [0.2, 0.25) is 5.91 Å². The first-order chi connectivity index (χ1) is 10.6. The van der Waals surface area contributed by atoms with Crippen molar-refractivity contribution in [2.24, 2.45) is 11.7 Å². The zero-order valence-corrected chi connectivity index (χ0v) is 15.1. The minimum absolute atomic E-state index is 0.140. The third-order valence-corrected chi connectivity index (χ3v) is 5.20. The van der Waals surface area contributed by atoms with Crippen molar-refractivity contribution in [2.45, 2.75) is 53.1 Å². The minimum atomic E-state index is -0.830. The number of rotatable bonds is 6. The van der Waals surface area contributed by atoms with Crippen LogP contribution in [0.1, 0.15) is 43.5 Å². The van der Waals surface area contributed by atoms with Crippen molar-refractivity contribution in [3.63, 3.8) is 0 Å². The van der Waals surface area contributed by atoms with E-state index in [-0.39, 0.29) is 12.1 Å². The van der Waals surface area contributed by atoms with Crippen LogP contribution in [0, 0.1) is 19.8 Å². The van der Waals surface area contributed by atoms with E-state index in [4.69, 9.17) is 5.73 Å². The van der Waals surface area contributed by atoms with Gasteiger partial charge in [0.15, 0.2) is 0 Å². The van der Waals surface area contributed by atoms with Gasteiger partial charge in [-0.1, -0.05) is 13.8 Å². The van der Waals surface area contributed by atoms with Gasteiger partial charge in [-0.25, -0.2) is 4.98 Å². The molecule has 2 heterocycles. The number of nitrogens with two attached hydrogens (primary N) is 1. The Morgan fingerprint density at radius 1 is 1.43 bits per heavy atom. The second kappa shape index (κ2) is 6.41. The number of fused-ring (bicyclic) bond motifs is 1. The number of primary amides is 1. The average molecular weight is 336 g/mol. The largest absolute Gasteiger partial charge is 0.368 e. The highest BCUT2D eigenvalue weighted by Gasteiger charge is 2.31. The second-order valence-electron chi connectivity index (χ2n) is 6.62. The van der Waals surface area contributed by atoms with Gasteiger partial charge >= 0.3 is 0 Å². The molecule has 2 rings (SSSR count). The van der Waals surface area contributed by atoms with Gasteiger partial charge in [0.1, 0.15) is 10.7 Å². The van der Waals surface area contributed by atoms with E-state index >= 15 is 0 Å². The number of aryl methyl sites for hydroxylation is 2. The van der Waals surface area contributed by atoms with Gasteiger partial charge in [-0.3, -0.25) is 14.9 Å². The van der Waals surface area contributed by atoms with Gasteiger partial charge in [-0.15, -0.1) is 11.3 Å². The van der Waals surface area contributed by atoms with E-state index in [0.717, 1.165) is 15.3 Å². The molecule has 0 saturated heterocycles. The maximum atomic E-state index is 12.3. The predicted octanol–water partition coefficient (Wildman–Crippen LogP) is 1.98. The van der Waals surface area contributed by atoms with Crippen molar-refractivity contribution in [3.05, 3.63) is 26.6 Å². The minimum Gasteiger partial charge on any atom is -0.368 e. The predicted molar refractivity (Wildman–Crippen MR) is 93.6 cm³/mol. The normalized spacial score (nSPS) is 14.3. The number of thiophene rings is 1. The molecular formula is C16H24N4O2S. The zero-order chi connectivity index (χ0) is 17.4. The van der Waals surface area contributed by atoms with Crippen molar-refractivity contribution < 1.29 is 4.79 Å². The van der Waals surface area contributed by atoms with Crippen molar-refractivity contribution in [1.29, 1.82) is 0 Å². The number of nitrogens with zero attached hydrogens (tertiary/aromatic N) is 1. The third kappa shape index (κ3) is 3.61. The van der Waals surface area contributed by atoms with Gasteiger partial charge in [0.05, 0.1) is 17.5 Å². The molecule has 1 unspecified atom stereocenters. The fourth-order valence-corrected chi connectivity index (χ4v) is 3.79. The van der Waals surface area contributed by atoms with Crippen LogP contribution in [-0.2, 0) is 11.3 Å². The summed E-state index contributed by atoms with van der Waals surface area (Å²) in [6, 6.07) is 0. The number of carbonyl (C=O) groups excluding carboxylic acids is 1. The number of H-pyrrole nitrogens is 1. The van der Waals surface area contributed by atoms with Crippen LogP contribution in [0.15, 0.2) is 4.79 Å². The molecule has 0 aliphatic carbocycles. The summed E-state index contributed by atoms with van der Waals surface area (Å²) in [6.45, 7) is 10.0. The molecule has 1 atom stereocenters. The van der Waals surface area contributed by atoms with E-state index in [0.29, 0.717) is 23.5 Å². The SMILES string of the molecule is Cc1sc2nc(CNC(C)(CC(C)C)C(N)=O)[nH]c(=O)c2c1C. The highest BCUT2D eigenvalue weighted by atomic mass is 32.1. The molecule has 0 aliphatic rings. The molecule has 0 bridgehead atoms. The van der Waals surface area contributed by atoms with E-state index in [1.54, 1.807) is 6.92 Å². The molecule has 0 saturated carbocycles. The first-order valence-electron chi connectivity index (χ1n) is 7.68. The van der Waals surface area contributed by atoms with Crippen LogP contribution < -0.4 is 16.6 Å². The Morgan fingerprint density at radius 3 is 2.65 bits per heavy atom. The number of nitrogens with one attached hydrogen (secondary N) is 2. The lowest BCUT2D eigenvalue weighted by atomic mass is 9.90. The number of aromatic nitrogens is 2. The average Bonchev–Trinajstić information content (AvgIpc) is 2.71. The Labute approximate surface area is 139 Å². The van der Waals surface area contributed by atoms with E-state index in [2.05, 4.69) is 15.3 Å². The van der Waals surface area contributed by atoms with Crippen LogP contribution in [0.2, 0.25) is 0 Å². The van der Waals surface area contributed by atoms with Crippen LogP contribution >= 0.6 is 11.3 Å². The summed E-state index contributed by atoms with van der Waals surface area (Å²) in [7, 11) is 0. The van der Waals surface area contributed by atoms with Crippen molar-refractivity contribution in [3.8, 4) is 0 Å². The van der Waals surface area contributed by atoms with Gasteiger partial charge in [0, 0.05) is 4.88 Å². The molecule has 23 heavy (non-hydrogen) atoms. The zero-order valence-electron chi connectivity index (χ0n) is 14.2. The van der Waals surface area contributed by atoms with E-state index in [1.165, 1.54) is 11.3 Å². The lowest BCUT2D eigenvalue weighted by Gasteiger charge is -2.29. The molecule has 6 nitrogen and oxygen atoms in total. The van der Waals surface area contributed by atoms with Gasteiger partial charge in [-0.05, 0) is 38.7 Å². The summed E-state index contributed by atoms with van der Waals surface area (Å²) in [5, 5.41) is 3.80. The second-order valence-corrected chi connectivity index (χ2v) is 7.83. The fraction of sp³-hybridized carbons (Fsp3) is 0.562. The monoisotopic (exact) mass is 336 g/mol. The van der Waals surface area contributed by atoms with Gasteiger partial charge in [0.25, 0.3) is 5.56 Å². The molecule has 7 heteroatoms. The maximum Gasteiger partial charge on any atom is 0.259 e. The Bertz CT molecular complexity index is 793. The summed E-state index contributed by atoms with van der Waals surface area (Å²) in [5.41, 5.74) is 5.54. The van der Waals surface area contributed by atoms with Crippen LogP contribution in [0.3, 0.4) is 0 Å². The van der Waals surface area contributed by atoms with Crippen molar-refractivity contribution in [2.75, 3.05) is 0 Å². The summed E-state index contributed by atoms with van der Waals surface area (Å²) in [4.78, 5) is 33.2. The lowest BCUT2D eigenvalue weighted by molar-refractivity contribution is -0.124. The number of carbonyl (C=O) groups is 1. The number of hydrogen-bond donors (Lipinski definition) is 3. The lowest BCUT2D eigenvalue weighted by Crippen LogP contribution is -2.53. The standard InChI is InChI=1S/C16H24N4O2S/c1-8(2)6-16(5,15(17)22)18-7-11-19-13(21)12-9(3)10(4)23-14(12)20-11/h8,18H,6-7H2,1-5H3,(H2,17,22)(H,19,20,21). The van der Waals surface area contributed by atoms with Crippen LogP contribution in [0.25, 0.3) is 10.2 Å². The highest BCUT2D eigenvalue weighted by molar-refractivity contribution is 7.18. The molecular weight excluding hydrogens is 312 g/mol. The van der Waals surface area contributed by atoms with E-state index < -0.39 is 11.4 Å². The van der Waals surface area contributed by atoms with E-state index in [9.17, 15) is 9.59 Å². The molecule has 0 aliphatic heterocycles. The fourth-order valence-electron chi connectivity index (χ4n) is 2.74. The summed E-state index contributed by atoms with van der Waals surface area (Å²) >= 11 is 1.51. The third-order valence-electron chi connectivity index (χ3n) is 4.09. The highest BCUT2D eigenvalue weighted by Crippen LogP contribution is 2.25. The Hall–Kier alpha value is -1.73. The van der Waals surface area contributed by atoms with Crippen LogP contribution in [-0.4, -0.2) is 21.4 Å². The number of amides is 1. The molecule has 0 spiro atoms. The number of hydrogen-bond acceptors (Lipinski definition) is 5. The van der Waals surface area contributed by atoms with Crippen LogP contribution in [0.4, 0.5) is 0 Å². The van der Waals surface area contributed by atoms with Crippen LogP contribution in [0.5, 0.6) is 0 Å². The molecule has 2 aromatic heterocycles. The molecule has 126 valence electrons. The quantitative estimate of drug-likeness (QED) is 0.751. The Balaban J connectivity index is 2.28. The summed E-state index contributed by atoms with van der Waals surface area (Å²) in [5.74, 6) is 0.425. The van der Waals surface area contributed by atoms with Gasteiger partial charge < -0.3 is 10.7 Å². The van der Waals surface area contributed by atoms with Crippen molar-refractivity contribution in [1.82, 2.24) is 15.3 Å². The first-order valence-corrected chi connectivity index (χ1v) is 8.49. The molecule has 0 aromatic carbocycles. The van der Waals surface area contributed by atoms with Crippen molar-refractivity contribution >= 4 is 27.5 Å². The Morgan fingerprint density at radius 2 is 2.09 bits per heavy atom. The molecule has 2 aromatic rings. The smallest absolute Gasteiger partial charge is 0.259 e.